The van der Waals surface area contributed by atoms with Crippen molar-refractivity contribution in [2.45, 2.75) is 31.9 Å². The van der Waals surface area contributed by atoms with Crippen LogP contribution in [0.5, 0.6) is 0 Å². The van der Waals surface area contributed by atoms with Gasteiger partial charge in [0.05, 0.1) is 6.61 Å². The average molecular weight is 273 g/mol. The predicted molar refractivity (Wildman–Crippen MR) is 74.4 cm³/mol. The molecule has 1 heterocycles. The molecule has 0 saturated heterocycles. The molecule has 1 aromatic heterocycles. The lowest BCUT2D eigenvalue weighted by atomic mass is 10.1. The molecule has 5 nitrogen and oxygen atoms in total. The first-order chi connectivity index (χ1) is 9.83. The molecule has 5 heteroatoms. The Hall–Kier alpha value is -1.72. The van der Waals surface area contributed by atoms with E-state index < -0.39 is 0 Å². The smallest absolute Gasteiger partial charge is 0.158 e. The Labute approximate surface area is 118 Å². The Morgan fingerprint density at radius 1 is 1.25 bits per heavy atom. The zero-order chi connectivity index (χ0) is 13.9. The van der Waals surface area contributed by atoms with E-state index in [1.165, 1.54) is 11.1 Å². The van der Waals surface area contributed by atoms with E-state index in [1.54, 1.807) is 7.11 Å². The number of nitrogens with zero attached hydrogens (tertiary/aromatic N) is 3. The molecule has 0 aliphatic heterocycles. The van der Waals surface area contributed by atoms with Gasteiger partial charge >= 0.3 is 0 Å². The van der Waals surface area contributed by atoms with Crippen molar-refractivity contribution in [3.8, 4) is 0 Å². The first kappa shape index (κ1) is 13.3. The molecular weight excluding hydrogens is 254 g/mol. The van der Waals surface area contributed by atoms with Crippen LogP contribution >= 0.6 is 0 Å². The molecule has 1 aliphatic rings. The second-order valence-corrected chi connectivity index (χ2v) is 5.15. The zero-order valence-corrected chi connectivity index (χ0v) is 11.6. The van der Waals surface area contributed by atoms with Crippen molar-refractivity contribution in [1.82, 2.24) is 14.8 Å². The average Bonchev–Trinajstić information content (AvgIpc) is 3.07. The van der Waals surface area contributed by atoms with E-state index in [0.717, 1.165) is 18.7 Å². The minimum absolute atomic E-state index is 0.0869. The van der Waals surface area contributed by atoms with Gasteiger partial charge < -0.3 is 14.4 Å². The van der Waals surface area contributed by atoms with Gasteiger partial charge in [0.2, 0.25) is 0 Å². The number of hydrogen-bond acceptors (Lipinski definition) is 4. The first-order valence-electron chi connectivity index (χ1n) is 6.92. The van der Waals surface area contributed by atoms with Crippen LogP contribution in [0, 0.1) is 0 Å². The number of aromatic nitrogens is 3. The minimum atomic E-state index is -0.0869. The molecule has 1 aromatic carbocycles. The fourth-order valence-electron chi connectivity index (χ4n) is 2.94. The molecule has 0 fully saturated rings. The van der Waals surface area contributed by atoms with Crippen LogP contribution in [0.4, 0.5) is 0 Å². The van der Waals surface area contributed by atoms with Gasteiger partial charge in [-0.15, -0.1) is 10.2 Å². The van der Waals surface area contributed by atoms with Gasteiger partial charge in [-0.05, 0) is 24.0 Å². The third-order valence-corrected chi connectivity index (χ3v) is 3.93. The molecule has 0 unspecified atom stereocenters. The van der Waals surface area contributed by atoms with E-state index in [0.29, 0.717) is 24.9 Å². The van der Waals surface area contributed by atoms with Crippen LogP contribution in [0.15, 0.2) is 24.3 Å². The van der Waals surface area contributed by atoms with E-state index >= 15 is 0 Å². The lowest BCUT2D eigenvalue weighted by molar-refractivity contribution is 0.181. The Bertz CT molecular complexity index is 570. The Balaban J connectivity index is 1.86. The molecule has 0 saturated carbocycles. The van der Waals surface area contributed by atoms with Crippen LogP contribution in [-0.2, 0) is 30.7 Å². The van der Waals surface area contributed by atoms with Crippen molar-refractivity contribution in [2.24, 2.45) is 0 Å². The molecular formula is C15H19N3O2. The summed E-state index contributed by atoms with van der Waals surface area (Å²) in [5.74, 6) is 1.92. The highest BCUT2D eigenvalue weighted by atomic mass is 16.5. The number of methoxy groups -OCH3 is 1. The topological polar surface area (TPSA) is 60.2 Å². The van der Waals surface area contributed by atoms with Crippen molar-refractivity contribution < 1.29 is 9.84 Å². The van der Waals surface area contributed by atoms with Gasteiger partial charge in [-0.2, -0.15) is 0 Å². The standard InChI is InChI=1S/C15H19N3O2/c1-20-7-6-18-14(10-19)16-17-15(18)13-8-11-4-2-3-5-12(11)9-13/h2-5,13,19H,6-10H2,1H3. The number of aliphatic hydroxyl groups is 1. The lowest BCUT2D eigenvalue weighted by Gasteiger charge is -2.13. The summed E-state index contributed by atoms with van der Waals surface area (Å²) >= 11 is 0. The second kappa shape index (κ2) is 5.73. The van der Waals surface area contributed by atoms with Crippen molar-refractivity contribution >= 4 is 0 Å². The van der Waals surface area contributed by atoms with Crippen LogP contribution in [0.3, 0.4) is 0 Å². The SMILES string of the molecule is COCCn1c(CO)nnc1C1Cc2ccccc2C1. The van der Waals surface area contributed by atoms with Gasteiger partial charge in [0.15, 0.2) is 5.82 Å². The van der Waals surface area contributed by atoms with Crippen molar-refractivity contribution in [2.75, 3.05) is 13.7 Å². The van der Waals surface area contributed by atoms with Crippen LogP contribution in [0.1, 0.15) is 28.7 Å². The van der Waals surface area contributed by atoms with E-state index in [9.17, 15) is 5.11 Å². The van der Waals surface area contributed by atoms with Crippen molar-refractivity contribution in [3.63, 3.8) is 0 Å². The number of rotatable bonds is 5. The summed E-state index contributed by atoms with van der Waals surface area (Å²) in [7, 11) is 1.67. The van der Waals surface area contributed by atoms with Gasteiger partial charge in [0.1, 0.15) is 12.4 Å². The van der Waals surface area contributed by atoms with E-state index in [4.69, 9.17) is 4.74 Å². The van der Waals surface area contributed by atoms with Gasteiger partial charge in [0.25, 0.3) is 0 Å². The molecule has 1 N–H and O–H groups in total. The molecule has 0 bridgehead atoms. The predicted octanol–water partition coefficient (Wildman–Crippen LogP) is 1.30. The van der Waals surface area contributed by atoms with Crippen LogP contribution in [0.25, 0.3) is 0 Å². The third kappa shape index (κ3) is 2.34. The molecule has 1 aliphatic carbocycles. The summed E-state index contributed by atoms with van der Waals surface area (Å²) in [5.41, 5.74) is 2.79. The number of ether oxygens (including phenoxy) is 1. The molecule has 2 aromatic rings. The van der Waals surface area contributed by atoms with Crippen LogP contribution < -0.4 is 0 Å². The summed E-state index contributed by atoms with van der Waals surface area (Å²) in [4.78, 5) is 0. The summed E-state index contributed by atoms with van der Waals surface area (Å²) in [5, 5.41) is 17.8. The Morgan fingerprint density at radius 3 is 2.55 bits per heavy atom. The van der Waals surface area contributed by atoms with Crippen molar-refractivity contribution in [3.05, 3.63) is 47.0 Å². The molecule has 3 rings (SSSR count). The summed E-state index contributed by atoms with van der Waals surface area (Å²) in [6, 6.07) is 8.52. The maximum Gasteiger partial charge on any atom is 0.158 e. The lowest BCUT2D eigenvalue weighted by Crippen LogP contribution is -2.15. The Kier molecular flexibility index (Phi) is 3.80. The third-order valence-electron chi connectivity index (χ3n) is 3.93. The minimum Gasteiger partial charge on any atom is -0.388 e. The zero-order valence-electron chi connectivity index (χ0n) is 11.6. The van der Waals surface area contributed by atoms with Gasteiger partial charge in [-0.1, -0.05) is 24.3 Å². The molecule has 0 atom stereocenters. The van der Waals surface area contributed by atoms with Crippen LogP contribution in [0.2, 0.25) is 0 Å². The van der Waals surface area contributed by atoms with E-state index in [2.05, 4.69) is 34.5 Å². The maximum absolute atomic E-state index is 9.38. The molecule has 0 amide bonds. The van der Waals surface area contributed by atoms with Crippen molar-refractivity contribution in [1.29, 1.82) is 0 Å². The largest absolute Gasteiger partial charge is 0.388 e. The highest BCUT2D eigenvalue weighted by Crippen LogP contribution is 2.33. The monoisotopic (exact) mass is 273 g/mol. The van der Waals surface area contributed by atoms with Crippen LogP contribution in [-0.4, -0.2) is 33.6 Å². The number of benzene rings is 1. The highest BCUT2D eigenvalue weighted by molar-refractivity contribution is 5.35. The molecule has 0 spiro atoms. The second-order valence-electron chi connectivity index (χ2n) is 5.15. The molecule has 0 radical (unpaired) electrons. The van der Waals surface area contributed by atoms with E-state index in [1.807, 2.05) is 4.57 Å². The normalized spacial score (nSPS) is 14.7. The van der Waals surface area contributed by atoms with Gasteiger partial charge in [-0.25, -0.2) is 0 Å². The number of aliphatic hydroxyl groups excluding tert-OH is 1. The first-order valence-corrected chi connectivity index (χ1v) is 6.92. The fourth-order valence-corrected chi connectivity index (χ4v) is 2.94. The highest BCUT2D eigenvalue weighted by Gasteiger charge is 2.27. The summed E-state index contributed by atoms with van der Waals surface area (Å²) in [6.07, 6.45) is 1.99. The fraction of sp³-hybridized carbons (Fsp3) is 0.467. The molecule has 106 valence electrons. The van der Waals surface area contributed by atoms with E-state index in [-0.39, 0.29) is 6.61 Å². The number of hydrogen-bond donors (Lipinski definition) is 1. The quantitative estimate of drug-likeness (QED) is 0.892. The summed E-state index contributed by atoms with van der Waals surface area (Å²) < 4.78 is 7.14. The van der Waals surface area contributed by atoms with Gasteiger partial charge in [-0.3, -0.25) is 0 Å². The maximum atomic E-state index is 9.38. The summed E-state index contributed by atoms with van der Waals surface area (Å²) in [6.45, 7) is 1.19. The Morgan fingerprint density at radius 2 is 1.95 bits per heavy atom. The number of fused-ring (bicyclic) bond motifs is 1. The molecule has 20 heavy (non-hydrogen) atoms. The van der Waals surface area contributed by atoms with Gasteiger partial charge in [0, 0.05) is 19.6 Å².